The first-order chi connectivity index (χ1) is 9.31. The second kappa shape index (κ2) is 9.02. The summed E-state index contributed by atoms with van der Waals surface area (Å²) < 4.78 is 10.9. The molecule has 100 valence electrons. The number of rotatable bonds is 4. The molecule has 0 heterocycles. The van der Waals surface area contributed by atoms with E-state index in [0.717, 1.165) is 17.1 Å². The van der Waals surface area contributed by atoms with E-state index in [-0.39, 0.29) is 0 Å². The molecule has 4 nitrogen and oxygen atoms in total. The van der Waals surface area contributed by atoms with Gasteiger partial charge >= 0.3 is 7.69 Å². The quantitative estimate of drug-likeness (QED) is 0.818. The predicted molar refractivity (Wildman–Crippen MR) is 75.4 cm³/mol. The fourth-order valence-electron chi connectivity index (χ4n) is 1.50. The smallest absolute Gasteiger partial charge is 0.432 e. The summed E-state index contributed by atoms with van der Waals surface area (Å²) in [6.07, 6.45) is 0. The molecule has 2 aromatic rings. The predicted octanol–water partition coefficient (Wildman–Crippen LogP) is 1.51. The molecule has 2 N–H and O–H groups in total. The van der Waals surface area contributed by atoms with E-state index in [1.165, 1.54) is 0 Å². The molecule has 0 bridgehead atoms. The Morgan fingerprint density at radius 2 is 1.53 bits per heavy atom. The highest BCUT2D eigenvalue weighted by Gasteiger charge is 2.01. The minimum absolute atomic E-state index is 0.522. The second-order valence-electron chi connectivity index (χ2n) is 3.55. The zero-order valence-electron chi connectivity index (χ0n) is 10.8. The molecule has 2 rings (SSSR count). The summed E-state index contributed by atoms with van der Waals surface area (Å²) in [5.41, 5.74) is 1.05. The Labute approximate surface area is 113 Å². The van der Waals surface area contributed by atoms with Crippen LogP contribution in [0.2, 0.25) is 0 Å². The summed E-state index contributed by atoms with van der Waals surface area (Å²) in [5, 5.41) is 14.2. The van der Waals surface area contributed by atoms with Crippen LogP contribution in [-0.4, -0.2) is 24.8 Å². The molecule has 0 aliphatic carbocycles. The molecule has 0 fully saturated rings. The van der Waals surface area contributed by atoms with Gasteiger partial charge in [-0.2, -0.15) is 0 Å². The van der Waals surface area contributed by atoms with Gasteiger partial charge in [0.05, 0.1) is 7.11 Å². The van der Waals surface area contributed by atoms with Gasteiger partial charge in [0.1, 0.15) is 18.1 Å². The summed E-state index contributed by atoms with van der Waals surface area (Å²) in [6, 6.07) is 17.6. The number of para-hydroxylation sites is 2. The summed E-state index contributed by atoms with van der Waals surface area (Å²) in [7, 11) is 0.918. The Balaban J connectivity index is 0.000000550. The first kappa shape index (κ1) is 15.1. The Bertz CT molecular complexity index is 462. The van der Waals surface area contributed by atoms with Crippen molar-refractivity contribution in [2.75, 3.05) is 7.11 Å². The van der Waals surface area contributed by atoms with Crippen molar-refractivity contribution in [3.05, 3.63) is 60.2 Å². The second-order valence-corrected chi connectivity index (χ2v) is 3.55. The van der Waals surface area contributed by atoms with Crippen LogP contribution in [0.1, 0.15) is 5.56 Å². The summed E-state index contributed by atoms with van der Waals surface area (Å²) in [4.78, 5) is 0. The summed E-state index contributed by atoms with van der Waals surface area (Å²) >= 11 is 0. The minimum Gasteiger partial charge on any atom is -0.496 e. The van der Waals surface area contributed by atoms with Crippen molar-refractivity contribution in [2.24, 2.45) is 0 Å². The number of hydrogen-bond donors (Lipinski definition) is 2. The molecule has 0 aliphatic heterocycles. The summed E-state index contributed by atoms with van der Waals surface area (Å²) in [5.74, 6) is 1.73. The van der Waals surface area contributed by atoms with Crippen LogP contribution in [-0.2, 0) is 6.61 Å². The SMILES string of the molecule is COc1ccccc1COc1ccccc1.OBO. The monoisotopic (exact) mass is 260 g/mol. The highest BCUT2D eigenvalue weighted by atomic mass is 16.5. The van der Waals surface area contributed by atoms with Gasteiger partial charge in [-0.05, 0) is 18.2 Å². The van der Waals surface area contributed by atoms with Gasteiger partial charge in [-0.15, -0.1) is 0 Å². The van der Waals surface area contributed by atoms with Crippen molar-refractivity contribution in [1.29, 1.82) is 0 Å². The van der Waals surface area contributed by atoms with Gasteiger partial charge in [0.2, 0.25) is 0 Å². The van der Waals surface area contributed by atoms with Gasteiger partial charge < -0.3 is 19.5 Å². The molecule has 5 heteroatoms. The maximum atomic E-state index is 7.12. The Morgan fingerprint density at radius 3 is 2.16 bits per heavy atom. The zero-order chi connectivity index (χ0) is 13.9. The number of hydrogen-bond acceptors (Lipinski definition) is 4. The lowest BCUT2D eigenvalue weighted by atomic mass is 10.2. The molecule has 0 spiro atoms. The van der Waals surface area contributed by atoms with E-state index in [0.29, 0.717) is 6.61 Å². The normalized spacial score (nSPS) is 9.00. The van der Waals surface area contributed by atoms with E-state index in [4.69, 9.17) is 19.5 Å². The van der Waals surface area contributed by atoms with Gasteiger partial charge in [-0.1, -0.05) is 36.4 Å². The molecule has 0 saturated carbocycles. The van der Waals surface area contributed by atoms with E-state index in [9.17, 15) is 0 Å². The van der Waals surface area contributed by atoms with Gasteiger partial charge in [0.15, 0.2) is 0 Å². The highest BCUT2D eigenvalue weighted by Crippen LogP contribution is 2.19. The van der Waals surface area contributed by atoms with Crippen LogP contribution < -0.4 is 9.47 Å². The molecule has 19 heavy (non-hydrogen) atoms. The first-order valence-corrected chi connectivity index (χ1v) is 5.83. The van der Waals surface area contributed by atoms with Gasteiger partial charge in [-0.3, -0.25) is 0 Å². The van der Waals surface area contributed by atoms with Crippen molar-refractivity contribution in [3.63, 3.8) is 0 Å². The van der Waals surface area contributed by atoms with Crippen LogP contribution in [0.25, 0.3) is 0 Å². The zero-order valence-corrected chi connectivity index (χ0v) is 10.8. The third-order valence-corrected chi connectivity index (χ3v) is 2.33. The molecule has 0 amide bonds. The van der Waals surface area contributed by atoms with Crippen LogP contribution in [0.5, 0.6) is 11.5 Å². The molecule has 0 saturated heterocycles. The molecule has 0 radical (unpaired) electrons. The molecule has 2 aromatic carbocycles. The lowest BCUT2D eigenvalue weighted by Gasteiger charge is -2.09. The van der Waals surface area contributed by atoms with Crippen LogP contribution in [0.4, 0.5) is 0 Å². The fraction of sp³-hybridized carbons (Fsp3) is 0.143. The maximum Gasteiger partial charge on any atom is 0.432 e. The Kier molecular flexibility index (Phi) is 7.16. The van der Waals surface area contributed by atoms with Crippen molar-refractivity contribution < 1.29 is 19.5 Å². The van der Waals surface area contributed by atoms with Crippen molar-refractivity contribution in [3.8, 4) is 11.5 Å². The van der Waals surface area contributed by atoms with Gasteiger partial charge in [0.25, 0.3) is 0 Å². The van der Waals surface area contributed by atoms with Crippen LogP contribution in [0, 0.1) is 0 Å². The number of ether oxygens (including phenoxy) is 2. The molecular formula is C14H17BO4. The fourth-order valence-corrected chi connectivity index (χ4v) is 1.50. The average molecular weight is 260 g/mol. The molecular weight excluding hydrogens is 243 g/mol. The van der Waals surface area contributed by atoms with Crippen LogP contribution in [0.15, 0.2) is 54.6 Å². The molecule has 0 aromatic heterocycles. The maximum absolute atomic E-state index is 7.12. The van der Waals surface area contributed by atoms with E-state index < -0.39 is 7.69 Å². The average Bonchev–Trinajstić information content (AvgIpc) is 2.47. The van der Waals surface area contributed by atoms with Crippen LogP contribution in [0.3, 0.4) is 0 Å². The van der Waals surface area contributed by atoms with E-state index in [1.54, 1.807) is 7.11 Å². The largest absolute Gasteiger partial charge is 0.496 e. The third-order valence-electron chi connectivity index (χ3n) is 2.33. The lowest BCUT2D eigenvalue weighted by Crippen LogP contribution is -1.98. The molecule has 0 atom stereocenters. The van der Waals surface area contributed by atoms with Crippen molar-refractivity contribution in [2.45, 2.75) is 6.61 Å². The van der Waals surface area contributed by atoms with E-state index >= 15 is 0 Å². The van der Waals surface area contributed by atoms with Gasteiger partial charge in [0, 0.05) is 5.56 Å². The van der Waals surface area contributed by atoms with Crippen LogP contribution >= 0.6 is 0 Å². The third kappa shape index (κ3) is 5.46. The van der Waals surface area contributed by atoms with E-state index in [2.05, 4.69) is 0 Å². The Hall–Kier alpha value is -1.98. The number of methoxy groups -OCH3 is 1. The van der Waals surface area contributed by atoms with E-state index in [1.807, 2.05) is 54.6 Å². The minimum atomic E-state index is -0.750. The number of benzene rings is 2. The Morgan fingerprint density at radius 1 is 0.947 bits per heavy atom. The lowest BCUT2D eigenvalue weighted by molar-refractivity contribution is 0.296. The summed E-state index contributed by atoms with van der Waals surface area (Å²) in [6.45, 7) is 0.522. The molecule has 0 unspecified atom stereocenters. The topological polar surface area (TPSA) is 58.9 Å². The van der Waals surface area contributed by atoms with Gasteiger partial charge in [-0.25, -0.2) is 0 Å². The standard InChI is InChI=1S/C14H14O2.BH3O2/c1-15-14-10-6-5-7-12(14)11-16-13-8-3-2-4-9-13;2-1-3/h2-10H,11H2,1H3;1-3H. The molecule has 0 aliphatic rings. The van der Waals surface area contributed by atoms with Crippen molar-refractivity contribution >= 4 is 7.69 Å². The van der Waals surface area contributed by atoms with Crippen molar-refractivity contribution in [1.82, 2.24) is 0 Å². The first-order valence-electron chi connectivity index (χ1n) is 5.83. The highest BCUT2D eigenvalue weighted by molar-refractivity contribution is 6.13.